The van der Waals surface area contributed by atoms with E-state index in [1.807, 2.05) is 30.1 Å². The van der Waals surface area contributed by atoms with Gasteiger partial charge in [0.1, 0.15) is 16.8 Å². The monoisotopic (exact) mass is 583 g/mol. The van der Waals surface area contributed by atoms with Crippen LogP contribution in [0.5, 0.6) is 0 Å². The Morgan fingerprint density at radius 1 is 1.10 bits per heavy atom. The molecule has 1 atom stereocenters. The molecule has 14 heteroatoms. The van der Waals surface area contributed by atoms with Gasteiger partial charge in [0.2, 0.25) is 10.0 Å². The van der Waals surface area contributed by atoms with Crippen LogP contribution in [-0.4, -0.2) is 44.9 Å². The molecule has 40 heavy (non-hydrogen) atoms. The molecular formula is C26H23ClFN7O4S. The molecular weight excluding hydrogens is 561 g/mol. The number of nitrogens with zero attached hydrogens (tertiary/aromatic N) is 5. The Morgan fingerprint density at radius 3 is 2.58 bits per heavy atom. The first-order valence-corrected chi connectivity index (χ1v) is 14.2. The van der Waals surface area contributed by atoms with Crippen LogP contribution in [0.4, 0.5) is 10.1 Å². The molecule has 0 unspecified atom stereocenters. The standard InChI is InChI=1S/C26H23ClFN7O4S/c1-13(29-20-7-8-21(27)30-23(20)25(36)33-40(4,38)39)17-10-16(28)11-18-22(17)31-24(35(3)26(18)37)14-5-6-19-15(9-14)12-34(2)32-19/h5-13,29H,1-4H3,(H,33,36)/t13-/m1/s1. The van der Waals surface area contributed by atoms with Crippen molar-refractivity contribution in [3.63, 3.8) is 0 Å². The first kappa shape index (κ1) is 27.2. The Balaban J connectivity index is 1.62. The fourth-order valence-corrected chi connectivity index (χ4v) is 5.08. The summed E-state index contributed by atoms with van der Waals surface area (Å²) in [5.41, 5.74) is 1.46. The zero-order chi connectivity index (χ0) is 28.9. The number of sulfonamides is 1. The number of pyridine rings is 1. The number of halogens is 2. The van der Waals surface area contributed by atoms with Crippen molar-refractivity contribution in [3.05, 3.63) is 81.2 Å². The third-order valence-corrected chi connectivity index (χ3v) is 7.01. The molecule has 0 aliphatic heterocycles. The van der Waals surface area contributed by atoms with Gasteiger partial charge in [-0.2, -0.15) is 5.10 Å². The summed E-state index contributed by atoms with van der Waals surface area (Å²) < 4.78 is 42.9. The Labute approximate surface area is 232 Å². The Bertz CT molecular complexity index is 2010. The Kier molecular flexibility index (Phi) is 6.80. The second-order valence-corrected chi connectivity index (χ2v) is 11.5. The first-order valence-electron chi connectivity index (χ1n) is 11.9. The minimum Gasteiger partial charge on any atom is -0.377 e. The van der Waals surface area contributed by atoms with Gasteiger partial charge >= 0.3 is 0 Å². The number of hydrogen-bond donors (Lipinski definition) is 2. The van der Waals surface area contributed by atoms with E-state index in [1.54, 1.807) is 24.7 Å². The second kappa shape index (κ2) is 9.99. The van der Waals surface area contributed by atoms with Gasteiger partial charge in [-0.05, 0) is 49.4 Å². The normalized spacial score (nSPS) is 12.6. The fraction of sp³-hybridized carbons (Fsp3) is 0.192. The van der Waals surface area contributed by atoms with Crippen LogP contribution in [-0.2, 0) is 24.1 Å². The van der Waals surface area contributed by atoms with Crippen molar-refractivity contribution in [1.82, 2.24) is 29.0 Å². The minimum absolute atomic E-state index is 0.0338. The van der Waals surface area contributed by atoms with Crippen LogP contribution in [0.1, 0.15) is 29.0 Å². The summed E-state index contributed by atoms with van der Waals surface area (Å²) in [6.45, 7) is 1.68. The summed E-state index contributed by atoms with van der Waals surface area (Å²) in [5, 5.41) is 8.33. The zero-order valence-electron chi connectivity index (χ0n) is 21.7. The maximum atomic E-state index is 14.8. The number of aromatic nitrogens is 5. The van der Waals surface area contributed by atoms with E-state index < -0.39 is 33.3 Å². The molecule has 2 aromatic carbocycles. The third-order valence-electron chi connectivity index (χ3n) is 6.24. The molecule has 0 saturated carbocycles. The molecule has 0 spiro atoms. The van der Waals surface area contributed by atoms with Gasteiger partial charge in [-0.1, -0.05) is 11.6 Å². The predicted octanol–water partition coefficient (Wildman–Crippen LogP) is 3.54. The molecule has 1 amide bonds. The number of carbonyl (C=O) groups is 1. The van der Waals surface area contributed by atoms with E-state index in [2.05, 4.69) is 15.4 Å². The SMILES string of the molecule is C[C@@H](Nc1ccc(Cl)nc1C(=O)NS(C)(=O)=O)c1cc(F)cc2c(=O)n(C)c(-c3ccc4nn(C)cc4c3)nc12. The zero-order valence-corrected chi connectivity index (χ0v) is 23.3. The van der Waals surface area contributed by atoms with E-state index in [4.69, 9.17) is 16.6 Å². The summed E-state index contributed by atoms with van der Waals surface area (Å²) in [6.07, 6.45) is 2.68. The number of fused-ring (bicyclic) bond motifs is 2. The van der Waals surface area contributed by atoms with Gasteiger partial charge in [-0.15, -0.1) is 0 Å². The molecule has 0 radical (unpaired) electrons. The lowest BCUT2D eigenvalue weighted by molar-refractivity contribution is 0.0977. The molecule has 11 nitrogen and oxygen atoms in total. The van der Waals surface area contributed by atoms with Crippen molar-refractivity contribution in [1.29, 1.82) is 0 Å². The molecule has 5 aromatic rings. The molecule has 2 N–H and O–H groups in total. The van der Waals surface area contributed by atoms with E-state index in [-0.39, 0.29) is 27.4 Å². The van der Waals surface area contributed by atoms with Gasteiger partial charge in [0, 0.05) is 36.8 Å². The molecule has 0 bridgehead atoms. The van der Waals surface area contributed by atoms with Gasteiger partial charge in [0.05, 0.1) is 34.4 Å². The van der Waals surface area contributed by atoms with Crippen LogP contribution in [0.25, 0.3) is 33.2 Å². The third kappa shape index (κ3) is 5.25. The summed E-state index contributed by atoms with van der Waals surface area (Å²) in [4.78, 5) is 34.7. The highest BCUT2D eigenvalue weighted by molar-refractivity contribution is 7.89. The number of hydrogen-bond acceptors (Lipinski definition) is 8. The summed E-state index contributed by atoms with van der Waals surface area (Å²) >= 11 is 5.96. The van der Waals surface area contributed by atoms with Crippen LogP contribution in [0, 0.1) is 5.82 Å². The lowest BCUT2D eigenvalue weighted by Gasteiger charge is -2.20. The van der Waals surface area contributed by atoms with Crippen molar-refractivity contribution >= 4 is 55.0 Å². The number of amides is 1. The number of aryl methyl sites for hydroxylation is 1. The predicted molar refractivity (Wildman–Crippen MR) is 150 cm³/mol. The number of carbonyl (C=O) groups excluding carboxylic acids is 1. The van der Waals surface area contributed by atoms with E-state index in [0.717, 1.165) is 23.2 Å². The topological polar surface area (TPSA) is 141 Å². The molecule has 0 aliphatic carbocycles. The highest BCUT2D eigenvalue weighted by atomic mass is 35.5. The van der Waals surface area contributed by atoms with Crippen LogP contribution in [0.2, 0.25) is 5.15 Å². The smallest absolute Gasteiger partial charge is 0.285 e. The number of rotatable bonds is 6. The van der Waals surface area contributed by atoms with Gasteiger partial charge in [-0.25, -0.2) is 27.5 Å². The summed E-state index contributed by atoms with van der Waals surface area (Å²) in [6, 6.07) is 10.0. The van der Waals surface area contributed by atoms with Gasteiger partial charge in [0.15, 0.2) is 5.69 Å². The van der Waals surface area contributed by atoms with Crippen LogP contribution < -0.4 is 15.6 Å². The largest absolute Gasteiger partial charge is 0.377 e. The van der Waals surface area contributed by atoms with E-state index in [9.17, 15) is 22.4 Å². The quantitative estimate of drug-likeness (QED) is 0.289. The molecule has 0 aliphatic rings. The van der Waals surface area contributed by atoms with Crippen molar-refractivity contribution in [2.24, 2.45) is 14.1 Å². The second-order valence-electron chi connectivity index (χ2n) is 9.37. The van der Waals surface area contributed by atoms with Crippen LogP contribution in [0.15, 0.2) is 53.5 Å². The Hall–Kier alpha value is -4.36. The molecule has 3 heterocycles. The van der Waals surface area contributed by atoms with E-state index >= 15 is 0 Å². The van der Waals surface area contributed by atoms with Gasteiger partial charge in [0.25, 0.3) is 11.5 Å². The maximum absolute atomic E-state index is 14.8. The molecule has 5 rings (SSSR count). The highest BCUT2D eigenvalue weighted by Gasteiger charge is 2.22. The summed E-state index contributed by atoms with van der Waals surface area (Å²) in [5.74, 6) is -1.28. The molecule has 3 aromatic heterocycles. The van der Waals surface area contributed by atoms with Crippen molar-refractivity contribution in [2.45, 2.75) is 13.0 Å². The average molecular weight is 584 g/mol. The first-order chi connectivity index (χ1) is 18.8. The maximum Gasteiger partial charge on any atom is 0.285 e. The van der Waals surface area contributed by atoms with E-state index in [1.165, 1.54) is 22.8 Å². The average Bonchev–Trinajstić information content (AvgIpc) is 3.25. The van der Waals surface area contributed by atoms with Crippen LogP contribution >= 0.6 is 11.6 Å². The lowest BCUT2D eigenvalue weighted by atomic mass is 10.0. The molecule has 0 saturated heterocycles. The van der Waals surface area contributed by atoms with Crippen molar-refractivity contribution < 1.29 is 17.6 Å². The number of benzene rings is 2. The van der Waals surface area contributed by atoms with Crippen molar-refractivity contribution in [3.8, 4) is 11.4 Å². The molecule has 0 fully saturated rings. The number of anilines is 1. The van der Waals surface area contributed by atoms with Gasteiger partial charge < -0.3 is 5.32 Å². The summed E-state index contributed by atoms with van der Waals surface area (Å²) in [7, 11) is -0.505. The Morgan fingerprint density at radius 2 is 1.85 bits per heavy atom. The van der Waals surface area contributed by atoms with Crippen LogP contribution in [0.3, 0.4) is 0 Å². The molecule has 206 valence electrons. The fourth-order valence-electron chi connectivity index (χ4n) is 4.49. The van der Waals surface area contributed by atoms with Gasteiger partial charge in [-0.3, -0.25) is 18.8 Å². The number of nitrogens with one attached hydrogen (secondary N) is 2. The lowest BCUT2D eigenvalue weighted by Crippen LogP contribution is -2.31. The van der Waals surface area contributed by atoms with Crippen molar-refractivity contribution in [2.75, 3.05) is 11.6 Å². The highest BCUT2D eigenvalue weighted by Crippen LogP contribution is 2.30. The van der Waals surface area contributed by atoms with E-state index in [0.29, 0.717) is 17.0 Å². The minimum atomic E-state index is -3.88.